The predicted molar refractivity (Wildman–Crippen MR) is 93.2 cm³/mol. The van der Waals surface area contributed by atoms with Crippen LogP contribution in [0.4, 0.5) is 10.5 Å². The molecule has 2 amide bonds. The van der Waals surface area contributed by atoms with Crippen LogP contribution in [0.15, 0.2) is 53.6 Å². The second-order valence-corrected chi connectivity index (χ2v) is 5.06. The van der Waals surface area contributed by atoms with Gasteiger partial charge >= 0.3 is 6.03 Å². The van der Waals surface area contributed by atoms with E-state index >= 15 is 0 Å². The summed E-state index contributed by atoms with van der Waals surface area (Å²) in [5, 5.41) is 6.69. The number of urea groups is 1. The molecule has 0 radical (unpaired) electrons. The molecule has 0 aliphatic rings. The first-order valence-electron chi connectivity index (χ1n) is 7.57. The molecule has 0 saturated heterocycles. The van der Waals surface area contributed by atoms with Crippen molar-refractivity contribution in [3.05, 3.63) is 59.7 Å². The maximum atomic E-state index is 11.8. The van der Waals surface area contributed by atoms with Gasteiger partial charge in [0.2, 0.25) is 0 Å². The maximum absolute atomic E-state index is 11.8. The van der Waals surface area contributed by atoms with Crippen LogP contribution in [-0.4, -0.2) is 18.9 Å². The Kier molecular flexibility index (Phi) is 6.17. The number of para-hydroxylation sites is 1. The van der Waals surface area contributed by atoms with Gasteiger partial charge in [-0.2, -0.15) is 5.10 Å². The Labute approximate surface area is 136 Å². The normalized spacial score (nSPS) is 10.5. The van der Waals surface area contributed by atoms with E-state index in [4.69, 9.17) is 4.74 Å². The lowest BCUT2D eigenvalue weighted by atomic mass is 10.2. The molecule has 0 aliphatic heterocycles. The smallest absolute Gasteiger partial charge is 0.339 e. The standard InChI is InChI=1S/C18H21N3O2/c1-3-11-23-16-9-6-8-15(12-16)13-19-21-18(22)20-17-10-5-4-7-14(17)2/h4-10,12-13H,3,11H2,1-2H3,(H2,20,21,22)/b19-13-. The number of nitrogens with zero attached hydrogens (tertiary/aromatic N) is 1. The van der Waals surface area contributed by atoms with E-state index in [1.807, 2.05) is 55.5 Å². The lowest BCUT2D eigenvalue weighted by Crippen LogP contribution is -2.24. The third kappa shape index (κ3) is 5.47. The average molecular weight is 311 g/mol. The fraction of sp³-hybridized carbons (Fsp3) is 0.222. The Balaban J connectivity index is 1.88. The van der Waals surface area contributed by atoms with Crippen molar-refractivity contribution in [3.63, 3.8) is 0 Å². The molecule has 2 aromatic rings. The van der Waals surface area contributed by atoms with E-state index in [9.17, 15) is 4.79 Å². The summed E-state index contributed by atoms with van der Waals surface area (Å²) >= 11 is 0. The second-order valence-electron chi connectivity index (χ2n) is 5.06. The summed E-state index contributed by atoms with van der Waals surface area (Å²) in [6, 6.07) is 14.7. The number of benzene rings is 2. The van der Waals surface area contributed by atoms with E-state index in [0.29, 0.717) is 6.61 Å². The monoisotopic (exact) mass is 311 g/mol. The molecule has 0 unspecified atom stereocenters. The zero-order chi connectivity index (χ0) is 16.5. The topological polar surface area (TPSA) is 62.7 Å². The molecule has 0 spiro atoms. The highest BCUT2D eigenvalue weighted by molar-refractivity contribution is 5.91. The number of anilines is 1. The van der Waals surface area contributed by atoms with Crippen molar-refractivity contribution >= 4 is 17.9 Å². The largest absolute Gasteiger partial charge is 0.494 e. The molecule has 120 valence electrons. The van der Waals surface area contributed by atoms with E-state index in [-0.39, 0.29) is 6.03 Å². The van der Waals surface area contributed by atoms with Crippen LogP contribution in [0.5, 0.6) is 5.75 Å². The summed E-state index contributed by atoms with van der Waals surface area (Å²) < 4.78 is 5.55. The lowest BCUT2D eigenvalue weighted by molar-refractivity contribution is 0.252. The molecule has 5 nitrogen and oxygen atoms in total. The molecule has 2 N–H and O–H groups in total. The Bertz CT molecular complexity index is 683. The zero-order valence-electron chi connectivity index (χ0n) is 13.4. The van der Waals surface area contributed by atoms with E-state index in [1.54, 1.807) is 6.21 Å². The van der Waals surface area contributed by atoms with Crippen LogP contribution in [0, 0.1) is 6.92 Å². The summed E-state index contributed by atoms with van der Waals surface area (Å²) in [7, 11) is 0. The number of carbonyl (C=O) groups excluding carboxylic acids is 1. The van der Waals surface area contributed by atoms with Crippen LogP contribution in [0.25, 0.3) is 0 Å². The van der Waals surface area contributed by atoms with Crippen LogP contribution in [0.1, 0.15) is 24.5 Å². The summed E-state index contributed by atoms with van der Waals surface area (Å²) in [4.78, 5) is 11.8. The number of hydrogen-bond donors (Lipinski definition) is 2. The fourth-order valence-corrected chi connectivity index (χ4v) is 1.93. The maximum Gasteiger partial charge on any atom is 0.339 e. The van der Waals surface area contributed by atoms with Crippen molar-refractivity contribution in [1.29, 1.82) is 0 Å². The van der Waals surface area contributed by atoms with Crippen molar-refractivity contribution in [3.8, 4) is 5.75 Å². The van der Waals surface area contributed by atoms with Gasteiger partial charge in [-0.3, -0.25) is 0 Å². The van der Waals surface area contributed by atoms with E-state index in [0.717, 1.165) is 29.0 Å². The van der Waals surface area contributed by atoms with Crippen LogP contribution in [-0.2, 0) is 0 Å². The Morgan fingerprint density at radius 1 is 1.22 bits per heavy atom. The lowest BCUT2D eigenvalue weighted by Gasteiger charge is -2.07. The van der Waals surface area contributed by atoms with Crippen molar-refractivity contribution in [2.24, 2.45) is 5.10 Å². The quantitative estimate of drug-likeness (QED) is 0.627. The average Bonchev–Trinajstić information content (AvgIpc) is 2.55. The van der Waals surface area contributed by atoms with Crippen molar-refractivity contribution in [1.82, 2.24) is 5.43 Å². The first-order chi connectivity index (χ1) is 11.2. The minimum atomic E-state index is -0.381. The highest BCUT2D eigenvalue weighted by Gasteiger charge is 2.01. The van der Waals surface area contributed by atoms with Gasteiger partial charge in [0, 0.05) is 5.69 Å². The van der Waals surface area contributed by atoms with Gasteiger partial charge in [-0.25, -0.2) is 10.2 Å². The minimum Gasteiger partial charge on any atom is -0.494 e. The van der Waals surface area contributed by atoms with Gasteiger partial charge in [-0.05, 0) is 42.7 Å². The highest BCUT2D eigenvalue weighted by Crippen LogP contribution is 2.13. The van der Waals surface area contributed by atoms with Gasteiger partial charge in [0.15, 0.2) is 0 Å². The first-order valence-corrected chi connectivity index (χ1v) is 7.57. The number of aryl methyl sites for hydroxylation is 1. The summed E-state index contributed by atoms with van der Waals surface area (Å²) in [5.74, 6) is 0.792. The molecule has 5 heteroatoms. The molecule has 0 atom stereocenters. The summed E-state index contributed by atoms with van der Waals surface area (Å²) in [6.07, 6.45) is 2.54. The minimum absolute atomic E-state index is 0.381. The number of amides is 2. The predicted octanol–water partition coefficient (Wildman–Crippen LogP) is 3.94. The molecule has 0 saturated carbocycles. The molecule has 0 bridgehead atoms. The van der Waals surface area contributed by atoms with E-state index in [2.05, 4.69) is 22.8 Å². The molecule has 0 fully saturated rings. The van der Waals surface area contributed by atoms with Crippen molar-refractivity contribution in [2.75, 3.05) is 11.9 Å². The zero-order valence-corrected chi connectivity index (χ0v) is 13.4. The second kappa shape index (κ2) is 8.58. The fourth-order valence-electron chi connectivity index (χ4n) is 1.93. The van der Waals surface area contributed by atoms with Crippen LogP contribution in [0.3, 0.4) is 0 Å². The van der Waals surface area contributed by atoms with E-state index in [1.165, 1.54) is 0 Å². The Morgan fingerprint density at radius 3 is 2.83 bits per heavy atom. The molecule has 0 aromatic heterocycles. The Morgan fingerprint density at radius 2 is 2.04 bits per heavy atom. The van der Waals surface area contributed by atoms with Crippen molar-refractivity contribution in [2.45, 2.75) is 20.3 Å². The number of hydrogen-bond acceptors (Lipinski definition) is 3. The Hall–Kier alpha value is -2.82. The molecular formula is C18H21N3O2. The number of hydrazone groups is 1. The molecule has 2 aromatic carbocycles. The molecule has 0 heterocycles. The summed E-state index contributed by atoms with van der Waals surface area (Å²) in [5.41, 5.74) is 5.06. The SMILES string of the molecule is CCCOc1cccc(/C=N\NC(=O)Nc2ccccc2C)c1. The molecule has 0 aliphatic carbocycles. The third-order valence-corrected chi connectivity index (χ3v) is 3.10. The van der Waals surface area contributed by atoms with Gasteiger partial charge in [0.1, 0.15) is 5.75 Å². The van der Waals surface area contributed by atoms with Gasteiger partial charge in [-0.1, -0.05) is 37.3 Å². The molecular weight excluding hydrogens is 290 g/mol. The van der Waals surface area contributed by atoms with Crippen LogP contribution >= 0.6 is 0 Å². The van der Waals surface area contributed by atoms with Crippen LogP contribution < -0.4 is 15.5 Å². The van der Waals surface area contributed by atoms with Gasteiger partial charge in [0.05, 0.1) is 12.8 Å². The molecule has 23 heavy (non-hydrogen) atoms. The number of carbonyl (C=O) groups is 1. The highest BCUT2D eigenvalue weighted by atomic mass is 16.5. The van der Waals surface area contributed by atoms with Gasteiger partial charge in [-0.15, -0.1) is 0 Å². The third-order valence-electron chi connectivity index (χ3n) is 3.10. The number of rotatable bonds is 6. The van der Waals surface area contributed by atoms with Crippen LogP contribution in [0.2, 0.25) is 0 Å². The van der Waals surface area contributed by atoms with Gasteiger partial charge < -0.3 is 10.1 Å². The number of ether oxygens (including phenoxy) is 1. The van der Waals surface area contributed by atoms with E-state index < -0.39 is 0 Å². The van der Waals surface area contributed by atoms with Gasteiger partial charge in [0.25, 0.3) is 0 Å². The number of nitrogens with one attached hydrogen (secondary N) is 2. The first kappa shape index (κ1) is 16.5. The summed E-state index contributed by atoms with van der Waals surface area (Å²) in [6.45, 7) is 4.67. The molecule has 2 rings (SSSR count). The van der Waals surface area contributed by atoms with Crippen molar-refractivity contribution < 1.29 is 9.53 Å².